The molecule has 14 heavy (non-hydrogen) atoms. The summed E-state index contributed by atoms with van der Waals surface area (Å²) in [5.41, 5.74) is 2.29. The standard InChI is InChI=1S/C13H23N/c1-5-7-8-10-13(4)14-11-12(3)9-6-2/h6,14H,2-5,7-11H2,1H3. The van der Waals surface area contributed by atoms with Crippen LogP contribution in [-0.4, -0.2) is 6.54 Å². The molecule has 0 rings (SSSR count). The Balaban J connectivity index is 3.43. The zero-order valence-electron chi connectivity index (χ0n) is 9.44. The predicted octanol–water partition coefficient (Wildman–Crippen LogP) is 3.80. The van der Waals surface area contributed by atoms with Crippen molar-refractivity contribution in [2.75, 3.05) is 6.54 Å². The van der Waals surface area contributed by atoms with Crippen LogP contribution in [0.1, 0.15) is 39.0 Å². The smallest absolute Gasteiger partial charge is 0.0357 e. The maximum absolute atomic E-state index is 3.98. The highest BCUT2D eigenvalue weighted by molar-refractivity contribution is 5.05. The Labute approximate surface area is 88.6 Å². The molecule has 0 aromatic rings. The van der Waals surface area contributed by atoms with E-state index in [4.69, 9.17) is 0 Å². The number of allylic oxidation sites excluding steroid dienone is 2. The van der Waals surface area contributed by atoms with Gasteiger partial charge in [0.15, 0.2) is 0 Å². The highest BCUT2D eigenvalue weighted by atomic mass is 14.9. The first-order valence-corrected chi connectivity index (χ1v) is 5.39. The summed E-state index contributed by atoms with van der Waals surface area (Å²) in [6, 6.07) is 0. The van der Waals surface area contributed by atoms with Gasteiger partial charge in [0.2, 0.25) is 0 Å². The third kappa shape index (κ3) is 7.66. The van der Waals surface area contributed by atoms with Crippen molar-refractivity contribution in [1.29, 1.82) is 0 Å². The Kier molecular flexibility index (Phi) is 8.01. The van der Waals surface area contributed by atoms with Crippen LogP contribution in [0.2, 0.25) is 0 Å². The maximum Gasteiger partial charge on any atom is 0.0357 e. The molecule has 0 aliphatic rings. The van der Waals surface area contributed by atoms with Crippen molar-refractivity contribution in [1.82, 2.24) is 5.32 Å². The summed E-state index contributed by atoms with van der Waals surface area (Å²) in [6.07, 6.45) is 7.62. The monoisotopic (exact) mass is 193 g/mol. The number of rotatable bonds is 9. The molecule has 0 saturated heterocycles. The molecule has 0 aliphatic heterocycles. The quantitative estimate of drug-likeness (QED) is 0.434. The first-order valence-electron chi connectivity index (χ1n) is 5.39. The highest BCUT2D eigenvalue weighted by Gasteiger charge is 1.95. The molecule has 0 fully saturated rings. The lowest BCUT2D eigenvalue weighted by Gasteiger charge is -2.09. The van der Waals surface area contributed by atoms with Crippen molar-refractivity contribution in [3.05, 3.63) is 37.1 Å². The normalized spacial score (nSPS) is 9.50. The van der Waals surface area contributed by atoms with Crippen LogP contribution in [0.25, 0.3) is 0 Å². The number of hydrogen-bond donors (Lipinski definition) is 1. The molecule has 0 radical (unpaired) electrons. The molecule has 0 aromatic heterocycles. The van der Waals surface area contributed by atoms with E-state index in [2.05, 4.69) is 32.0 Å². The van der Waals surface area contributed by atoms with Crippen LogP contribution < -0.4 is 5.32 Å². The molecule has 1 heteroatoms. The topological polar surface area (TPSA) is 12.0 Å². The van der Waals surface area contributed by atoms with Crippen molar-refractivity contribution in [3.63, 3.8) is 0 Å². The second-order valence-corrected chi connectivity index (χ2v) is 3.66. The van der Waals surface area contributed by atoms with Crippen molar-refractivity contribution >= 4 is 0 Å². The minimum atomic E-state index is 0.830. The van der Waals surface area contributed by atoms with E-state index < -0.39 is 0 Å². The lowest BCUT2D eigenvalue weighted by atomic mass is 10.1. The fourth-order valence-electron chi connectivity index (χ4n) is 1.20. The molecule has 0 aromatic carbocycles. The fourth-order valence-corrected chi connectivity index (χ4v) is 1.20. The Hall–Kier alpha value is -0.980. The van der Waals surface area contributed by atoms with E-state index in [1.165, 1.54) is 19.3 Å². The minimum absolute atomic E-state index is 0.830. The average Bonchev–Trinajstić information content (AvgIpc) is 2.16. The lowest BCUT2D eigenvalue weighted by Crippen LogP contribution is -2.15. The second kappa shape index (κ2) is 8.61. The van der Waals surface area contributed by atoms with Gasteiger partial charge in [0.25, 0.3) is 0 Å². The van der Waals surface area contributed by atoms with Gasteiger partial charge in [0.1, 0.15) is 0 Å². The molecule has 0 atom stereocenters. The third-order valence-electron chi connectivity index (χ3n) is 2.10. The van der Waals surface area contributed by atoms with E-state index in [-0.39, 0.29) is 0 Å². The molecule has 1 N–H and O–H groups in total. The van der Waals surface area contributed by atoms with Gasteiger partial charge in [-0.05, 0) is 19.3 Å². The summed E-state index contributed by atoms with van der Waals surface area (Å²) >= 11 is 0. The molecule has 0 amide bonds. The molecule has 0 bridgehead atoms. The number of hydrogen-bond acceptors (Lipinski definition) is 1. The van der Waals surface area contributed by atoms with Crippen molar-refractivity contribution < 1.29 is 0 Å². The fraction of sp³-hybridized carbons (Fsp3) is 0.538. The molecule has 0 unspecified atom stereocenters. The average molecular weight is 193 g/mol. The molecule has 80 valence electrons. The molecule has 0 aliphatic carbocycles. The molecular weight excluding hydrogens is 170 g/mol. The van der Waals surface area contributed by atoms with Crippen LogP contribution in [-0.2, 0) is 0 Å². The Bertz CT molecular complexity index is 191. The minimum Gasteiger partial charge on any atom is -0.385 e. The maximum atomic E-state index is 3.98. The largest absolute Gasteiger partial charge is 0.385 e. The van der Waals surface area contributed by atoms with Crippen LogP contribution >= 0.6 is 0 Å². The van der Waals surface area contributed by atoms with Crippen LogP contribution in [0.4, 0.5) is 0 Å². The van der Waals surface area contributed by atoms with Gasteiger partial charge in [0.05, 0.1) is 0 Å². The second-order valence-electron chi connectivity index (χ2n) is 3.66. The van der Waals surface area contributed by atoms with Crippen LogP contribution in [0.3, 0.4) is 0 Å². The van der Waals surface area contributed by atoms with Gasteiger partial charge < -0.3 is 5.32 Å². The first kappa shape index (κ1) is 13.0. The summed E-state index contributed by atoms with van der Waals surface area (Å²) in [4.78, 5) is 0. The Morgan fingerprint density at radius 3 is 2.57 bits per heavy atom. The van der Waals surface area contributed by atoms with Crippen LogP contribution in [0.5, 0.6) is 0 Å². The summed E-state index contributed by atoms with van der Waals surface area (Å²) in [7, 11) is 0. The number of nitrogens with one attached hydrogen (secondary N) is 1. The van der Waals surface area contributed by atoms with Gasteiger partial charge in [-0.15, -0.1) is 6.58 Å². The van der Waals surface area contributed by atoms with Gasteiger partial charge in [-0.3, -0.25) is 0 Å². The summed E-state index contributed by atoms with van der Waals surface area (Å²) in [6.45, 7) is 14.6. The highest BCUT2D eigenvalue weighted by Crippen LogP contribution is 2.05. The molecule has 1 nitrogen and oxygen atoms in total. The molecular formula is C13H23N. The zero-order chi connectivity index (χ0) is 10.8. The van der Waals surface area contributed by atoms with Crippen LogP contribution in [0, 0.1) is 0 Å². The van der Waals surface area contributed by atoms with E-state index in [0.29, 0.717) is 0 Å². The van der Waals surface area contributed by atoms with E-state index in [1.54, 1.807) is 0 Å². The van der Waals surface area contributed by atoms with E-state index in [1.807, 2.05) is 6.08 Å². The van der Waals surface area contributed by atoms with Gasteiger partial charge in [0, 0.05) is 12.2 Å². The Morgan fingerprint density at radius 1 is 1.29 bits per heavy atom. The molecule has 0 saturated carbocycles. The lowest BCUT2D eigenvalue weighted by molar-refractivity contribution is 0.679. The SMILES string of the molecule is C=CCC(=C)CNC(=C)CCCCC. The number of unbranched alkanes of at least 4 members (excludes halogenated alkanes) is 2. The Morgan fingerprint density at radius 2 is 2.00 bits per heavy atom. The van der Waals surface area contributed by atoms with Gasteiger partial charge in [-0.1, -0.05) is 44.6 Å². The van der Waals surface area contributed by atoms with Crippen LogP contribution in [0.15, 0.2) is 37.1 Å². The summed E-state index contributed by atoms with van der Waals surface area (Å²) in [5.74, 6) is 0. The zero-order valence-corrected chi connectivity index (χ0v) is 9.44. The van der Waals surface area contributed by atoms with Gasteiger partial charge >= 0.3 is 0 Å². The first-order chi connectivity index (χ1) is 6.70. The third-order valence-corrected chi connectivity index (χ3v) is 2.10. The molecule has 0 heterocycles. The molecule has 0 spiro atoms. The van der Waals surface area contributed by atoms with E-state index >= 15 is 0 Å². The predicted molar refractivity (Wildman–Crippen MR) is 65.2 cm³/mol. The van der Waals surface area contributed by atoms with Crippen molar-refractivity contribution in [2.45, 2.75) is 39.0 Å². The van der Waals surface area contributed by atoms with Gasteiger partial charge in [-0.2, -0.15) is 0 Å². The van der Waals surface area contributed by atoms with Gasteiger partial charge in [-0.25, -0.2) is 0 Å². The summed E-state index contributed by atoms with van der Waals surface area (Å²) < 4.78 is 0. The van der Waals surface area contributed by atoms with E-state index in [9.17, 15) is 0 Å². The van der Waals surface area contributed by atoms with Crippen molar-refractivity contribution in [3.8, 4) is 0 Å². The van der Waals surface area contributed by atoms with E-state index in [0.717, 1.165) is 30.7 Å². The summed E-state index contributed by atoms with van der Waals surface area (Å²) in [5, 5.41) is 3.28. The van der Waals surface area contributed by atoms with Crippen molar-refractivity contribution in [2.24, 2.45) is 0 Å².